The fourth-order valence-electron chi connectivity index (χ4n) is 2.65. The molecule has 1 saturated heterocycles. The summed E-state index contributed by atoms with van der Waals surface area (Å²) in [6, 6.07) is 9.57. The largest absolute Gasteiger partial charge is 0.311 e. The molecule has 17 heavy (non-hydrogen) atoms. The van der Waals surface area contributed by atoms with Gasteiger partial charge in [0.1, 0.15) is 0 Å². The first-order valence-electron chi connectivity index (χ1n) is 6.79. The first kappa shape index (κ1) is 12.6. The highest BCUT2D eigenvalue weighted by Gasteiger charge is 2.18. The lowest BCUT2D eigenvalue weighted by Crippen LogP contribution is -2.50. The Hall–Kier alpha value is -0.860. The lowest BCUT2D eigenvalue weighted by molar-refractivity contribution is 0.187. The average molecular weight is 232 g/mol. The van der Waals surface area contributed by atoms with E-state index in [1.165, 1.54) is 37.1 Å². The molecule has 0 amide bonds. The first-order valence-corrected chi connectivity index (χ1v) is 6.79. The second-order valence-electron chi connectivity index (χ2n) is 5.16. The fourth-order valence-corrected chi connectivity index (χ4v) is 2.65. The highest BCUT2D eigenvalue weighted by molar-refractivity contribution is 5.22. The molecular formula is C15H24N2. The van der Waals surface area contributed by atoms with Crippen molar-refractivity contribution in [3.05, 3.63) is 35.4 Å². The van der Waals surface area contributed by atoms with Gasteiger partial charge in [-0.05, 0) is 18.9 Å². The molecule has 1 heterocycles. The molecule has 1 aliphatic heterocycles. The predicted molar refractivity (Wildman–Crippen MR) is 73.2 cm³/mol. The standard InChI is InChI=1S/C15H24N2/c1-3-5-15-12-17(9-8-16-15)11-14-7-4-6-13(2)10-14/h4,6-7,10,15-16H,3,5,8-9,11-12H2,1-2H3. The Morgan fingerprint density at radius 1 is 1.41 bits per heavy atom. The predicted octanol–water partition coefficient (Wildman–Crippen LogP) is 2.57. The van der Waals surface area contributed by atoms with E-state index >= 15 is 0 Å². The summed E-state index contributed by atoms with van der Waals surface area (Å²) in [6.07, 6.45) is 2.57. The summed E-state index contributed by atoms with van der Waals surface area (Å²) >= 11 is 0. The van der Waals surface area contributed by atoms with Gasteiger partial charge in [-0.15, -0.1) is 0 Å². The summed E-state index contributed by atoms with van der Waals surface area (Å²) in [5.74, 6) is 0. The number of hydrogen-bond acceptors (Lipinski definition) is 2. The third-order valence-electron chi connectivity index (χ3n) is 3.47. The molecule has 0 bridgehead atoms. The van der Waals surface area contributed by atoms with Crippen LogP contribution in [0.25, 0.3) is 0 Å². The van der Waals surface area contributed by atoms with Crippen molar-refractivity contribution in [2.75, 3.05) is 19.6 Å². The van der Waals surface area contributed by atoms with Crippen LogP contribution in [0.5, 0.6) is 0 Å². The van der Waals surface area contributed by atoms with Gasteiger partial charge in [-0.1, -0.05) is 43.2 Å². The molecule has 0 aromatic heterocycles. The summed E-state index contributed by atoms with van der Waals surface area (Å²) in [4.78, 5) is 2.58. The number of rotatable bonds is 4. The highest BCUT2D eigenvalue weighted by Crippen LogP contribution is 2.11. The molecule has 1 aromatic rings. The topological polar surface area (TPSA) is 15.3 Å². The van der Waals surface area contributed by atoms with Crippen LogP contribution in [0, 0.1) is 6.92 Å². The van der Waals surface area contributed by atoms with Crippen LogP contribution in [0.1, 0.15) is 30.9 Å². The molecule has 0 spiro atoms. The summed E-state index contributed by atoms with van der Waals surface area (Å²) in [6.45, 7) is 9.04. The minimum absolute atomic E-state index is 0.693. The Morgan fingerprint density at radius 2 is 2.29 bits per heavy atom. The smallest absolute Gasteiger partial charge is 0.0235 e. The van der Waals surface area contributed by atoms with Crippen LogP contribution < -0.4 is 5.32 Å². The number of aryl methyl sites for hydroxylation is 1. The zero-order valence-electron chi connectivity index (χ0n) is 11.1. The van der Waals surface area contributed by atoms with E-state index in [0.717, 1.165) is 13.1 Å². The molecule has 0 radical (unpaired) electrons. The van der Waals surface area contributed by atoms with E-state index in [1.807, 2.05) is 0 Å². The van der Waals surface area contributed by atoms with Crippen molar-refractivity contribution in [1.29, 1.82) is 0 Å². The third kappa shape index (κ3) is 3.83. The highest BCUT2D eigenvalue weighted by atomic mass is 15.2. The maximum atomic E-state index is 3.61. The summed E-state index contributed by atoms with van der Waals surface area (Å²) in [5, 5.41) is 3.61. The number of hydrogen-bond donors (Lipinski definition) is 1. The number of nitrogens with zero attached hydrogens (tertiary/aromatic N) is 1. The van der Waals surface area contributed by atoms with E-state index < -0.39 is 0 Å². The fraction of sp³-hybridized carbons (Fsp3) is 0.600. The van der Waals surface area contributed by atoms with Crippen LogP contribution >= 0.6 is 0 Å². The van der Waals surface area contributed by atoms with Gasteiger partial charge in [0.2, 0.25) is 0 Å². The van der Waals surface area contributed by atoms with Gasteiger partial charge in [0.05, 0.1) is 0 Å². The van der Waals surface area contributed by atoms with Crippen LogP contribution in [-0.4, -0.2) is 30.6 Å². The number of benzene rings is 1. The Morgan fingerprint density at radius 3 is 3.06 bits per heavy atom. The van der Waals surface area contributed by atoms with E-state index in [1.54, 1.807) is 0 Å². The third-order valence-corrected chi connectivity index (χ3v) is 3.47. The van der Waals surface area contributed by atoms with Crippen molar-refractivity contribution in [2.45, 2.75) is 39.3 Å². The molecule has 1 fully saturated rings. The molecule has 1 N–H and O–H groups in total. The summed E-state index contributed by atoms with van der Waals surface area (Å²) < 4.78 is 0. The Kier molecular flexibility index (Phi) is 4.57. The zero-order chi connectivity index (χ0) is 12.1. The Labute approximate surface area is 105 Å². The second kappa shape index (κ2) is 6.18. The van der Waals surface area contributed by atoms with Crippen molar-refractivity contribution in [3.8, 4) is 0 Å². The van der Waals surface area contributed by atoms with Gasteiger partial charge in [0.15, 0.2) is 0 Å². The molecule has 1 aliphatic rings. The molecule has 1 aromatic carbocycles. The monoisotopic (exact) mass is 232 g/mol. The van der Waals surface area contributed by atoms with Gasteiger partial charge in [0.25, 0.3) is 0 Å². The van der Waals surface area contributed by atoms with Crippen LogP contribution in [0.4, 0.5) is 0 Å². The van der Waals surface area contributed by atoms with Crippen LogP contribution in [-0.2, 0) is 6.54 Å². The summed E-state index contributed by atoms with van der Waals surface area (Å²) in [7, 11) is 0. The molecule has 1 atom stereocenters. The van der Waals surface area contributed by atoms with E-state index in [2.05, 4.69) is 48.3 Å². The molecule has 2 heteroatoms. The van der Waals surface area contributed by atoms with Gasteiger partial charge in [-0.25, -0.2) is 0 Å². The maximum absolute atomic E-state index is 3.61. The van der Waals surface area contributed by atoms with E-state index in [-0.39, 0.29) is 0 Å². The van der Waals surface area contributed by atoms with Gasteiger partial charge in [-0.2, -0.15) is 0 Å². The quantitative estimate of drug-likeness (QED) is 0.858. The minimum Gasteiger partial charge on any atom is -0.311 e. The molecule has 0 aliphatic carbocycles. The molecular weight excluding hydrogens is 208 g/mol. The maximum Gasteiger partial charge on any atom is 0.0235 e. The van der Waals surface area contributed by atoms with Crippen LogP contribution in [0.2, 0.25) is 0 Å². The number of piperazine rings is 1. The van der Waals surface area contributed by atoms with Gasteiger partial charge >= 0.3 is 0 Å². The Balaban J connectivity index is 1.90. The normalized spacial score (nSPS) is 21.6. The lowest BCUT2D eigenvalue weighted by atomic mass is 10.1. The zero-order valence-corrected chi connectivity index (χ0v) is 11.1. The van der Waals surface area contributed by atoms with Crippen LogP contribution in [0.15, 0.2) is 24.3 Å². The van der Waals surface area contributed by atoms with Gasteiger partial charge < -0.3 is 5.32 Å². The minimum atomic E-state index is 0.693. The Bertz CT molecular complexity index is 347. The van der Waals surface area contributed by atoms with Gasteiger partial charge in [-0.3, -0.25) is 4.90 Å². The van der Waals surface area contributed by atoms with E-state index in [4.69, 9.17) is 0 Å². The second-order valence-corrected chi connectivity index (χ2v) is 5.16. The van der Waals surface area contributed by atoms with E-state index in [0.29, 0.717) is 6.04 Å². The number of nitrogens with one attached hydrogen (secondary N) is 1. The van der Waals surface area contributed by atoms with Crippen molar-refractivity contribution >= 4 is 0 Å². The SMILES string of the molecule is CCCC1CN(Cc2cccc(C)c2)CCN1. The van der Waals surface area contributed by atoms with Crippen molar-refractivity contribution in [3.63, 3.8) is 0 Å². The first-order chi connectivity index (χ1) is 8.28. The van der Waals surface area contributed by atoms with Crippen LogP contribution in [0.3, 0.4) is 0 Å². The molecule has 1 unspecified atom stereocenters. The summed E-state index contributed by atoms with van der Waals surface area (Å²) in [5.41, 5.74) is 2.81. The lowest BCUT2D eigenvalue weighted by Gasteiger charge is -2.33. The van der Waals surface area contributed by atoms with Crippen molar-refractivity contribution in [1.82, 2.24) is 10.2 Å². The van der Waals surface area contributed by atoms with Crippen molar-refractivity contribution < 1.29 is 0 Å². The molecule has 2 rings (SSSR count). The van der Waals surface area contributed by atoms with E-state index in [9.17, 15) is 0 Å². The molecule has 0 saturated carbocycles. The molecule has 94 valence electrons. The molecule has 2 nitrogen and oxygen atoms in total. The van der Waals surface area contributed by atoms with Gasteiger partial charge in [0, 0.05) is 32.2 Å². The average Bonchev–Trinajstić information content (AvgIpc) is 2.30. The van der Waals surface area contributed by atoms with Crippen molar-refractivity contribution in [2.24, 2.45) is 0 Å².